The summed E-state index contributed by atoms with van der Waals surface area (Å²) >= 11 is 0. The summed E-state index contributed by atoms with van der Waals surface area (Å²) in [5, 5.41) is 11.4. The van der Waals surface area contributed by atoms with E-state index in [1.165, 1.54) is 0 Å². The van der Waals surface area contributed by atoms with Gasteiger partial charge < -0.3 is 0 Å². The van der Waals surface area contributed by atoms with Gasteiger partial charge in [0.1, 0.15) is 5.69 Å². The smallest absolute Gasteiger partial charge is 0.223 e. The van der Waals surface area contributed by atoms with Gasteiger partial charge in [-0.2, -0.15) is 0 Å². The van der Waals surface area contributed by atoms with E-state index in [2.05, 4.69) is 4.98 Å². The maximum atomic E-state index is 12.4. The Labute approximate surface area is 129 Å². The largest absolute Gasteiger partial charge is 0.292 e. The number of hydrogen-bond donors (Lipinski definition) is 0. The highest BCUT2D eigenvalue weighted by Crippen LogP contribution is 2.34. The lowest BCUT2D eigenvalue weighted by Gasteiger charge is -2.26. The van der Waals surface area contributed by atoms with Gasteiger partial charge in [0, 0.05) is 31.4 Å². The topological polar surface area (TPSA) is 73.1 Å². The average Bonchev–Trinajstić information content (AvgIpc) is 2.53. The average molecular weight is 298 g/mol. The molecule has 5 nitrogen and oxygen atoms in total. The van der Waals surface area contributed by atoms with Gasteiger partial charge in [-0.05, 0) is 17.7 Å². The summed E-state index contributed by atoms with van der Waals surface area (Å²) in [6.45, 7) is 3.10. The number of carbonyl (C=O) groups excluding carboxylic acids is 1. The fourth-order valence-corrected chi connectivity index (χ4v) is 2.41. The molecule has 1 heterocycles. The van der Waals surface area contributed by atoms with E-state index < -0.39 is 11.5 Å². The van der Waals surface area contributed by atoms with Gasteiger partial charge in [-0.15, -0.1) is 0 Å². The highest BCUT2D eigenvalue weighted by molar-refractivity contribution is 5.94. The van der Waals surface area contributed by atoms with Crippen molar-refractivity contribution in [2.45, 2.75) is 31.7 Å². The zero-order valence-electron chi connectivity index (χ0n) is 12.6. The van der Waals surface area contributed by atoms with Crippen LogP contribution in [0.15, 0.2) is 54.7 Å². The number of nitrogens with zero attached hydrogens (tertiary/aromatic N) is 2. The monoisotopic (exact) mass is 298 g/mol. The minimum Gasteiger partial charge on any atom is -0.292 e. The first-order chi connectivity index (χ1) is 10.4. The van der Waals surface area contributed by atoms with Crippen molar-refractivity contribution < 1.29 is 9.72 Å². The summed E-state index contributed by atoms with van der Waals surface area (Å²) in [5.41, 5.74) is -0.123. The first-order valence-corrected chi connectivity index (χ1v) is 7.06. The van der Waals surface area contributed by atoms with Crippen LogP contribution in [0.4, 0.5) is 0 Å². The lowest BCUT2D eigenvalue weighted by Crippen LogP contribution is -2.39. The van der Waals surface area contributed by atoms with Crippen LogP contribution in [0.25, 0.3) is 0 Å². The molecule has 0 spiro atoms. The highest BCUT2D eigenvalue weighted by Gasteiger charge is 2.42. The molecule has 0 aliphatic heterocycles. The molecular weight excluding hydrogens is 280 g/mol. The number of ketones is 1. The van der Waals surface area contributed by atoms with E-state index >= 15 is 0 Å². The van der Waals surface area contributed by atoms with Crippen LogP contribution < -0.4 is 0 Å². The molecule has 0 unspecified atom stereocenters. The third-order valence-corrected chi connectivity index (χ3v) is 3.87. The summed E-state index contributed by atoms with van der Waals surface area (Å²) < 4.78 is 0. The molecule has 0 saturated heterocycles. The number of aromatic nitrogens is 1. The minimum absolute atomic E-state index is 0.0506. The predicted molar refractivity (Wildman–Crippen MR) is 83.4 cm³/mol. The van der Waals surface area contributed by atoms with Gasteiger partial charge in [0.2, 0.25) is 5.54 Å². The zero-order valence-corrected chi connectivity index (χ0v) is 12.6. The first kappa shape index (κ1) is 15.8. The molecule has 2 rings (SSSR count). The molecule has 0 radical (unpaired) electrons. The Kier molecular flexibility index (Phi) is 4.65. The maximum Gasteiger partial charge on any atom is 0.223 e. The van der Waals surface area contributed by atoms with Crippen molar-refractivity contribution >= 4 is 5.78 Å². The zero-order chi connectivity index (χ0) is 16.2. The number of hydrogen-bond acceptors (Lipinski definition) is 4. The van der Waals surface area contributed by atoms with Crippen LogP contribution in [0.2, 0.25) is 0 Å². The number of nitro groups is 1. The van der Waals surface area contributed by atoms with E-state index in [0.29, 0.717) is 5.69 Å². The molecule has 0 aliphatic carbocycles. The minimum atomic E-state index is -1.24. The standard InChI is InChI=1S/C17H18N2O3/c1-17(2,19(21)22)14(13-8-4-3-5-9-13)12-16(20)15-10-6-7-11-18-15/h3-11,14H,12H2,1-2H3/t14-/m0/s1. The Balaban J connectivity index is 2.34. The number of carbonyl (C=O) groups is 1. The molecule has 1 aromatic heterocycles. The molecule has 0 fully saturated rings. The van der Waals surface area contributed by atoms with Gasteiger partial charge in [0.15, 0.2) is 5.78 Å². The molecule has 0 saturated carbocycles. The van der Waals surface area contributed by atoms with Gasteiger partial charge in [-0.25, -0.2) is 0 Å². The number of Topliss-reactive ketones (excluding diaryl/α,β-unsaturated/α-hetero) is 1. The van der Waals surface area contributed by atoms with Crippen molar-refractivity contribution in [3.63, 3.8) is 0 Å². The molecule has 2 aromatic rings. The third-order valence-electron chi connectivity index (χ3n) is 3.87. The van der Waals surface area contributed by atoms with Crippen LogP contribution in [0, 0.1) is 10.1 Å². The molecule has 114 valence electrons. The summed E-state index contributed by atoms with van der Waals surface area (Å²) in [6, 6.07) is 14.2. The molecule has 0 aliphatic rings. The Morgan fingerprint density at radius 2 is 1.82 bits per heavy atom. The van der Waals surface area contributed by atoms with E-state index in [-0.39, 0.29) is 17.1 Å². The highest BCUT2D eigenvalue weighted by atomic mass is 16.6. The van der Waals surface area contributed by atoms with Gasteiger partial charge in [-0.1, -0.05) is 36.4 Å². The lowest BCUT2D eigenvalue weighted by atomic mass is 9.78. The number of pyridine rings is 1. The molecule has 1 atom stereocenters. The lowest BCUT2D eigenvalue weighted by molar-refractivity contribution is -0.565. The Morgan fingerprint density at radius 3 is 2.36 bits per heavy atom. The van der Waals surface area contributed by atoms with Crippen LogP contribution >= 0.6 is 0 Å². The fourth-order valence-electron chi connectivity index (χ4n) is 2.41. The van der Waals surface area contributed by atoms with Crippen molar-refractivity contribution in [2.24, 2.45) is 0 Å². The van der Waals surface area contributed by atoms with Gasteiger partial charge in [0.25, 0.3) is 0 Å². The van der Waals surface area contributed by atoms with Crippen LogP contribution in [0.3, 0.4) is 0 Å². The van der Waals surface area contributed by atoms with Gasteiger partial charge >= 0.3 is 0 Å². The third kappa shape index (κ3) is 3.36. The molecule has 0 N–H and O–H groups in total. The predicted octanol–water partition coefficient (Wildman–Crippen LogP) is 3.49. The van der Waals surface area contributed by atoms with Crippen LogP contribution in [0.5, 0.6) is 0 Å². The summed E-state index contributed by atoms with van der Waals surface area (Å²) in [7, 11) is 0. The van der Waals surface area contributed by atoms with Crippen molar-refractivity contribution in [3.8, 4) is 0 Å². The van der Waals surface area contributed by atoms with Gasteiger partial charge in [-0.3, -0.25) is 19.9 Å². The van der Waals surface area contributed by atoms with Crippen LogP contribution in [0.1, 0.15) is 42.2 Å². The van der Waals surface area contributed by atoms with E-state index in [1.54, 1.807) is 38.2 Å². The fraction of sp³-hybridized carbons (Fsp3) is 0.294. The van der Waals surface area contributed by atoms with Crippen molar-refractivity contribution in [3.05, 3.63) is 76.1 Å². The van der Waals surface area contributed by atoms with Gasteiger partial charge in [0.05, 0.1) is 5.92 Å². The molecule has 22 heavy (non-hydrogen) atoms. The molecule has 1 aromatic carbocycles. The summed E-state index contributed by atoms with van der Waals surface area (Å²) in [5.74, 6) is -0.706. The Morgan fingerprint density at radius 1 is 1.18 bits per heavy atom. The van der Waals surface area contributed by atoms with Crippen molar-refractivity contribution in [1.29, 1.82) is 0 Å². The van der Waals surface area contributed by atoms with Crippen LogP contribution in [-0.4, -0.2) is 21.2 Å². The second-order valence-electron chi connectivity index (χ2n) is 5.72. The van der Waals surface area contributed by atoms with E-state index in [4.69, 9.17) is 0 Å². The Bertz CT molecular complexity index is 654. The van der Waals surface area contributed by atoms with Crippen molar-refractivity contribution in [2.75, 3.05) is 0 Å². The molecule has 0 bridgehead atoms. The molecule has 0 amide bonds. The first-order valence-electron chi connectivity index (χ1n) is 7.06. The maximum absolute atomic E-state index is 12.4. The van der Waals surface area contributed by atoms with E-state index in [1.807, 2.05) is 30.3 Å². The van der Waals surface area contributed by atoms with E-state index in [9.17, 15) is 14.9 Å². The normalized spacial score (nSPS) is 12.6. The summed E-state index contributed by atoms with van der Waals surface area (Å²) in [6.07, 6.45) is 1.60. The number of rotatable bonds is 6. The van der Waals surface area contributed by atoms with Crippen molar-refractivity contribution in [1.82, 2.24) is 4.98 Å². The summed E-state index contributed by atoms with van der Waals surface area (Å²) in [4.78, 5) is 27.6. The quantitative estimate of drug-likeness (QED) is 0.465. The van der Waals surface area contributed by atoms with E-state index in [0.717, 1.165) is 5.56 Å². The second-order valence-corrected chi connectivity index (χ2v) is 5.72. The van der Waals surface area contributed by atoms with Crippen LogP contribution in [-0.2, 0) is 0 Å². The number of benzene rings is 1. The second kappa shape index (κ2) is 6.47. The Hall–Kier alpha value is -2.56. The molecular formula is C17H18N2O3. The SMILES string of the molecule is CC(C)([C@@H](CC(=O)c1ccccn1)c1ccccc1)[N+](=O)[O-]. The molecule has 5 heteroatoms.